The Morgan fingerprint density at radius 2 is 1.57 bits per heavy atom. The first-order valence-electron chi connectivity index (χ1n) is 12.7. The fourth-order valence-electron chi connectivity index (χ4n) is 5.54. The lowest BCUT2D eigenvalue weighted by Gasteiger charge is -2.13. The van der Waals surface area contributed by atoms with Crippen molar-refractivity contribution in [3.8, 4) is 11.1 Å². The lowest BCUT2D eigenvalue weighted by atomic mass is 9.97. The predicted octanol–water partition coefficient (Wildman–Crippen LogP) is 6.28. The van der Waals surface area contributed by atoms with E-state index in [0.29, 0.717) is 5.56 Å². The molecule has 1 fully saturated rings. The first-order valence-corrected chi connectivity index (χ1v) is 12.7. The average Bonchev–Trinajstić information content (AvgIpc) is 3.49. The molecule has 4 aromatic carbocycles. The van der Waals surface area contributed by atoms with Crippen molar-refractivity contribution in [2.75, 3.05) is 13.2 Å². The molecular formula is C32H25N2O3+. The maximum Gasteiger partial charge on any atom is 0.345 e. The Bertz CT molecular complexity index is 1810. The smallest absolute Gasteiger partial charge is 0.345 e. The Labute approximate surface area is 213 Å². The molecule has 1 unspecified atom stereocenters. The number of para-hydroxylation sites is 1. The van der Waals surface area contributed by atoms with Gasteiger partial charge in [0.2, 0.25) is 5.52 Å². The van der Waals surface area contributed by atoms with Crippen molar-refractivity contribution < 1.29 is 18.8 Å². The van der Waals surface area contributed by atoms with E-state index >= 15 is 0 Å². The number of benzene rings is 4. The second-order valence-electron chi connectivity index (χ2n) is 9.50. The van der Waals surface area contributed by atoms with Gasteiger partial charge in [-0.15, -0.1) is 0 Å². The summed E-state index contributed by atoms with van der Waals surface area (Å²) in [5.74, 6) is -0.356. The number of fused-ring (bicyclic) bond motifs is 7. The zero-order chi connectivity index (χ0) is 24.8. The zero-order valence-corrected chi connectivity index (χ0v) is 20.3. The van der Waals surface area contributed by atoms with E-state index in [1.165, 1.54) is 0 Å². The Morgan fingerprint density at radius 1 is 0.838 bits per heavy atom. The van der Waals surface area contributed by atoms with E-state index in [-0.39, 0.29) is 18.7 Å². The van der Waals surface area contributed by atoms with Crippen LogP contribution in [0.5, 0.6) is 0 Å². The number of hydrogen-bond acceptors (Lipinski definition) is 4. The summed E-state index contributed by atoms with van der Waals surface area (Å²) in [5, 5.41) is 9.09. The SMILES string of the molecule is O=C(OCC1CCCO1)c1c2cccc(-c3ccccc3)c2n[n+]2c3ccccc3c3ccccc3c12. The van der Waals surface area contributed by atoms with E-state index in [1.54, 1.807) is 0 Å². The third-order valence-electron chi connectivity index (χ3n) is 7.27. The molecule has 0 saturated carbocycles. The van der Waals surface area contributed by atoms with E-state index in [2.05, 4.69) is 42.5 Å². The summed E-state index contributed by atoms with van der Waals surface area (Å²) in [6, 6.07) is 32.6. The first kappa shape index (κ1) is 21.9. The number of aromatic nitrogens is 2. The monoisotopic (exact) mass is 485 g/mol. The summed E-state index contributed by atoms with van der Waals surface area (Å²) in [6.45, 7) is 0.967. The van der Waals surface area contributed by atoms with Crippen LogP contribution >= 0.6 is 0 Å². The number of carbonyl (C=O) groups excluding carboxylic acids is 1. The second kappa shape index (κ2) is 8.95. The Balaban J connectivity index is 1.60. The molecule has 7 rings (SSSR count). The van der Waals surface area contributed by atoms with Crippen molar-refractivity contribution in [1.82, 2.24) is 5.10 Å². The normalized spacial score (nSPS) is 15.6. The van der Waals surface area contributed by atoms with Crippen LogP contribution in [0.3, 0.4) is 0 Å². The van der Waals surface area contributed by atoms with Gasteiger partial charge in [-0.1, -0.05) is 78.9 Å². The van der Waals surface area contributed by atoms with Crippen LogP contribution in [0.2, 0.25) is 0 Å². The van der Waals surface area contributed by atoms with E-state index in [4.69, 9.17) is 14.6 Å². The number of esters is 1. The molecule has 0 bridgehead atoms. The molecule has 3 heterocycles. The molecule has 5 heteroatoms. The van der Waals surface area contributed by atoms with Crippen LogP contribution in [0.1, 0.15) is 23.2 Å². The van der Waals surface area contributed by atoms with Crippen LogP contribution in [0, 0.1) is 0 Å². The molecule has 0 aliphatic carbocycles. The van der Waals surface area contributed by atoms with Gasteiger partial charge in [0.15, 0.2) is 0 Å². The quantitative estimate of drug-likeness (QED) is 0.128. The van der Waals surface area contributed by atoms with Crippen molar-refractivity contribution in [3.63, 3.8) is 0 Å². The fraction of sp³-hybridized carbons (Fsp3) is 0.156. The third-order valence-corrected chi connectivity index (χ3v) is 7.27. The second-order valence-corrected chi connectivity index (χ2v) is 9.50. The summed E-state index contributed by atoms with van der Waals surface area (Å²) in [6.07, 6.45) is 1.86. The molecule has 0 N–H and O–H groups in total. The predicted molar refractivity (Wildman–Crippen MR) is 145 cm³/mol. The van der Waals surface area contributed by atoms with Gasteiger partial charge in [0.05, 0.1) is 16.9 Å². The van der Waals surface area contributed by atoms with E-state index in [0.717, 1.165) is 68.7 Å². The number of nitrogens with zero attached hydrogens (tertiary/aromatic N) is 2. The minimum Gasteiger partial charge on any atom is -0.459 e. The van der Waals surface area contributed by atoms with Crippen LogP contribution in [0.4, 0.5) is 0 Å². The highest BCUT2D eigenvalue weighted by atomic mass is 16.6. The molecule has 1 atom stereocenters. The number of carbonyl (C=O) groups is 1. The third kappa shape index (κ3) is 3.62. The van der Waals surface area contributed by atoms with Crippen LogP contribution in [-0.4, -0.2) is 30.4 Å². The standard InChI is InChI=1S/C32H25N2O3/c35-32(37-20-22-12-9-19-36-22)29-27-17-8-16-23(21-10-2-1-3-11-21)30(27)33-34-28-18-7-6-14-25(28)24-13-4-5-15-26(24)31(29)34/h1-8,10-11,13-18,22H,9,12,19-20H2/q+1. The fourth-order valence-corrected chi connectivity index (χ4v) is 5.54. The molecule has 1 saturated heterocycles. The van der Waals surface area contributed by atoms with Gasteiger partial charge in [-0.2, -0.15) is 0 Å². The minimum atomic E-state index is -0.356. The van der Waals surface area contributed by atoms with Crippen molar-refractivity contribution in [3.05, 3.63) is 103 Å². The zero-order valence-electron chi connectivity index (χ0n) is 20.3. The van der Waals surface area contributed by atoms with E-state index in [9.17, 15) is 4.79 Å². The first-order chi connectivity index (χ1) is 18.3. The summed E-state index contributed by atoms with van der Waals surface area (Å²) in [4.78, 5) is 13.9. The molecule has 2 aromatic heterocycles. The van der Waals surface area contributed by atoms with E-state index < -0.39 is 0 Å². The number of hydrogen-bond donors (Lipinski definition) is 0. The summed E-state index contributed by atoms with van der Waals surface area (Å²) in [7, 11) is 0. The topological polar surface area (TPSA) is 52.5 Å². The summed E-state index contributed by atoms with van der Waals surface area (Å²) in [5.41, 5.74) is 5.00. The molecule has 5 nitrogen and oxygen atoms in total. The highest BCUT2D eigenvalue weighted by Crippen LogP contribution is 2.34. The van der Waals surface area contributed by atoms with Gasteiger partial charge in [0, 0.05) is 34.1 Å². The van der Waals surface area contributed by atoms with E-state index in [1.807, 2.05) is 59.1 Å². The highest BCUT2D eigenvalue weighted by Gasteiger charge is 2.30. The summed E-state index contributed by atoms with van der Waals surface area (Å²) < 4.78 is 13.6. The summed E-state index contributed by atoms with van der Waals surface area (Å²) >= 11 is 0. The molecule has 0 radical (unpaired) electrons. The van der Waals surface area contributed by atoms with Gasteiger partial charge in [-0.05, 0) is 35.1 Å². The molecule has 6 aromatic rings. The van der Waals surface area contributed by atoms with Gasteiger partial charge in [-0.3, -0.25) is 0 Å². The molecule has 0 amide bonds. The van der Waals surface area contributed by atoms with Gasteiger partial charge >= 0.3 is 5.97 Å². The number of rotatable bonds is 4. The van der Waals surface area contributed by atoms with Crippen LogP contribution < -0.4 is 4.52 Å². The van der Waals surface area contributed by atoms with Crippen molar-refractivity contribution in [2.45, 2.75) is 18.9 Å². The Morgan fingerprint density at radius 3 is 2.38 bits per heavy atom. The molecule has 1 aliphatic rings. The van der Waals surface area contributed by atoms with Crippen LogP contribution in [0.25, 0.3) is 49.2 Å². The average molecular weight is 486 g/mol. The molecule has 180 valence electrons. The van der Waals surface area contributed by atoms with Gasteiger partial charge in [-0.25, -0.2) is 4.79 Å². The largest absolute Gasteiger partial charge is 0.459 e. The number of ether oxygens (including phenoxy) is 2. The van der Waals surface area contributed by atoms with Gasteiger partial charge in [0.1, 0.15) is 17.7 Å². The maximum atomic E-state index is 13.9. The lowest BCUT2D eigenvalue weighted by Crippen LogP contribution is -2.31. The highest BCUT2D eigenvalue weighted by molar-refractivity contribution is 6.18. The Hall–Kier alpha value is -4.35. The lowest BCUT2D eigenvalue weighted by molar-refractivity contribution is -0.548. The maximum absolute atomic E-state index is 13.9. The van der Waals surface area contributed by atoms with Gasteiger partial charge < -0.3 is 9.47 Å². The van der Waals surface area contributed by atoms with Crippen LogP contribution in [0.15, 0.2) is 97.1 Å². The van der Waals surface area contributed by atoms with Crippen LogP contribution in [-0.2, 0) is 9.47 Å². The molecule has 1 aliphatic heterocycles. The molecular weight excluding hydrogens is 460 g/mol. The van der Waals surface area contributed by atoms with Crippen molar-refractivity contribution in [2.24, 2.45) is 0 Å². The molecule has 37 heavy (non-hydrogen) atoms. The molecule has 0 spiro atoms. The van der Waals surface area contributed by atoms with Crippen molar-refractivity contribution in [1.29, 1.82) is 0 Å². The number of pyridine rings is 1. The van der Waals surface area contributed by atoms with Gasteiger partial charge in [0.25, 0.3) is 5.52 Å². The minimum absolute atomic E-state index is 0.0478. The van der Waals surface area contributed by atoms with Crippen molar-refractivity contribution >= 4 is 44.1 Å². The Kier molecular flexibility index (Phi) is 5.29.